The summed E-state index contributed by atoms with van der Waals surface area (Å²) in [6, 6.07) is 24.0. The van der Waals surface area contributed by atoms with E-state index in [1.54, 1.807) is 6.07 Å². The SMILES string of the molecule is Fc1cccc(-n2cc(-c3ccccc3)nc2NCc2ccc(Cl)cc2)c1. The maximum absolute atomic E-state index is 13.7. The third-order valence-electron chi connectivity index (χ3n) is 4.23. The molecule has 4 rings (SSSR count). The van der Waals surface area contributed by atoms with E-state index >= 15 is 0 Å². The maximum atomic E-state index is 13.7. The summed E-state index contributed by atoms with van der Waals surface area (Å²) in [6.07, 6.45) is 1.91. The van der Waals surface area contributed by atoms with Gasteiger partial charge in [0.2, 0.25) is 5.95 Å². The molecule has 0 aliphatic carbocycles. The van der Waals surface area contributed by atoms with Gasteiger partial charge < -0.3 is 5.32 Å². The van der Waals surface area contributed by atoms with Gasteiger partial charge in [-0.25, -0.2) is 9.37 Å². The highest BCUT2D eigenvalue weighted by Crippen LogP contribution is 2.25. The summed E-state index contributed by atoms with van der Waals surface area (Å²) in [5.41, 5.74) is 3.61. The zero-order valence-electron chi connectivity index (χ0n) is 14.4. The highest BCUT2D eigenvalue weighted by molar-refractivity contribution is 6.30. The molecule has 1 N–H and O–H groups in total. The summed E-state index contributed by atoms with van der Waals surface area (Å²) < 4.78 is 15.6. The number of imidazole rings is 1. The van der Waals surface area contributed by atoms with Crippen LogP contribution in [0.1, 0.15) is 5.56 Å². The van der Waals surface area contributed by atoms with Crippen molar-refractivity contribution in [3.8, 4) is 16.9 Å². The third-order valence-corrected chi connectivity index (χ3v) is 4.48. The minimum absolute atomic E-state index is 0.286. The van der Waals surface area contributed by atoms with Crippen molar-refractivity contribution >= 4 is 17.5 Å². The van der Waals surface area contributed by atoms with Gasteiger partial charge in [0.15, 0.2) is 0 Å². The van der Waals surface area contributed by atoms with E-state index in [1.165, 1.54) is 12.1 Å². The number of anilines is 1. The first-order valence-electron chi connectivity index (χ1n) is 8.58. The van der Waals surface area contributed by atoms with Crippen molar-refractivity contribution in [2.45, 2.75) is 6.54 Å². The van der Waals surface area contributed by atoms with Gasteiger partial charge in [-0.05, 0) is 35.9 Å². The fourth-order valence-corrected chi connectivity index (χ4v) is 2.99. The number of halogens is 2. The molecular formula is C22H17ClFN3. The second-order valence-corrected chi connectivity index (χ2v) is 6.58. The molecule has 0 saturated carbocycles. The molecule has 0 spiro atoms. The second kappa shape index (κ2) is 7.64. The van der Waals surface area contributed by atoms with Gasteiger partial charge in [-0.1, -0.05) is 60.1 Å². The van der Waals surface area contributed by atoms with E-state index in [0.29, 0.717) is 23.2 Å². The van der Waals surface area contributed by atoms with Gasteiger partial charge in [0.05, 0.1) is 11.4 Å². The molecule has 3 aromatic carbocycles. The zero-order chi connectivity index (χ0) is 18.6. The summed E-state index contributed by atoms with van der Waals surface area (Å²) in [5.74, 6) is 0.362. The Labute approximate surface area is 162 Å². The normalized spacial score (nSPS) is 10.7. The van der Waals surface area contributed by atoms with Crippen LogP contribution in [0, 0.1) is 5.82 Å². The fourth-order valence-electron chi connectivity index (χ4n) is 2.86. The van der Waals surface area contributed by atoms with Crippen molar-refractivity contribution in [2.24, 2.45) is 0 Å². The quantitative estimate of drug-likeness (QED) is 0.466. The molecule has 0 atom stereocenters. The van der Waals surface area contributed by atoms with Crippen molar-refractivity contribution in [2.75, 3.05) is 5.32 Å². The Morgan fingerprint density at radius 2 is 1.70 bits per heavy atom. The second-order valence-electron chi connectivity index (χ2n) is 6.15. The smallest absolute Gasteiger partial charge is 0.208 e. The summed E-state index contributed by atoms with van der Waals surface area (Å²) in [5, 5.41) is 4.04. The number of hydrogen-bond donors (Lipinski definition) is 1. The van der Waals surface area contributed by atoms with Gasteiger partial charge in [0.25, 0.3) is 0 Å². The van der Waals surface area contributed by atoms with Gasteiger partial charge in [0.1, 0.15) is 5.82 Å². The lowest BCUT2D eigenvalue weighted by Crippen LogP contribution is -2.06. The molecule has 0 amide bonds. The van der Waals surface area contributed by atoms with Crippen LogP contribution in [0.15, 0.2) is 85.1 Å². The van der Waals surface area contributed by atoms with Crippen molar-refractivity contribution in [3.05, 3.63) is 101 Å². The largest absolute Gasteiger partial charge is 0.351 e. The van der Waals surface area contributed by atoms with Crippen LogP contribution < -0.4 is 5.32 Å². The van der Waals surface area contributed by atoms with E-state index in [1.807, 2.05) is 71.4 Å². The van der Waals surface area contributed by atoms with Crippen LogP contribution in [0.3, 0.4) is 0 Å². The molecule has 1 heterocycles. The minimum atomic E-state index is -0.286. The molecular weight excluding hydrogens is 361 g/mol. The number of aromatic nitrogens is 2. The minimum Gasteiger partial charge on any atom is -0.351 e. The number of hydrogen-bond acceptors (Lipinski definition) is 2. The predicted octanol–water partition coefficient (Wildman–Crippen LogP) is 5.94. The molecule has 134 valence electrons. The van der Waals surface area contributed by atoms with Gasteiger partial charge in [-0.15, -0.1) is 0 Å². The Balaban J connectivity index is 1.69. The first kappa shape index (κ1) is 17.3. The van der Waals surface area contributed by atoms with E-state index in [2.05, 4.69) is 5.32 Å². The van der Waals surface area contributed by atoms with E-state index in [0.717, 1.165) is 16.8 Å². The molecule has 0 unspecified atom stereocenters. The van der Waals surface area contributed by atoms with Crippen molar-refractivity contribution in [3.63, 3.8) is 0 Å². The predicted molar refractivity (Wildman–Crippen MR) is 108 cm³/mol. The fraction of sp³-hybridized carbons (Fsp3) is 0.0455. The molecule has 4 aromatic rings. The Bertz CT molecular complexity index is 1040. The molecule has 0 aliphatic heterocycles. The van der Waals surface area contributed by atoms with Gasteiger partial charge >= 0.3 is 0 Å². The number of nitrogens with zero attached hydrogens (tertiary/aromatic N) is 2. The molecule has 0 fully saturated rings. The van der Waals surface area contributed by atoms with E-state index in [4.69, 9.17) is 16.6 Å². The summed E-state index contributed by atoms with van der Waals surface area (Å²) in [6.45, 7) is 0.581. The highest BCUT2D eigenvalue weighted by Gasteiger charge is 2.11. The first-order valence-corrected chi connectivity index (χ1v) is 8.96. The molecule has 0 saturated heterocycles. The van der Waals surface area contributed by atoms with Gasteiger partial charge in [0, 0.05) is 23.3 Å². The molecule has 0 bridgehead atoms. The Kier molecular flexibility index (Phi) is 4.90. The third kappa shape index (κ3) is 4.01. The summed E-state index contributed by atoms with van der Waals surface area (Å²) in [4.78, 5) is 4.72. The van der Waals surface area contributed by atoms with Crippen molar-refractivity contribution in [1.82, 2.24) is 9.55 Å². The Morgan fingerprint density at radius 3 is 2.44 bits per heavy atom. The molecule has 27 heavy (non-hydrogen) atoms. The van der Waals surface area contributed by atoms with Crippen LogP contribution in [0.25, 0.3) is 16.9 Å². The van der Waals surface area contributed by atoms with Crippen LogP contribution in [0.2, 0.25) is 5.02 Å². The van der Waals surface area contributed by atoms with Gasteiger partial charge in [-0.2, -0.15) is 0 Å². The molecule has 5 heteroatoms. The lowest BCUT2D eigenvalue weighted by Gasteiger charge is -2.10. The Hall–Kier alpha value is -3.11. The number of rotatable bonds is 5. The molecule has 0 radical (unpaired) electrons. The maximum Gasteiger partial charge on any atom is 0.208 e. The molecule has 3 nitrogen and oxygen atoms in total. The van der Waals surface area contributed by atoms with Crippen LogP contribution in [0.5, 0.6) is 0 Å². The standard InChI is InChI=1S/C22H17ClFN3/c23-18-11-9-16(10-12-18)14-25-22-26-21(17-5-2-1-3-6-17)15-27(22)20-8-4-7-19(24)13-20/h1-13,15H,14H2,(H,25,26). The molecule has 1 aromatic heterocycles. The average molecular weight is 378 g/mol. The van der Waals surface area contributed by atoms with Crippen molar-refractivity contribution < 1.29 is 4.39 Å². The highest BCUT2D eigenvalue weighted by atomic mass is 35.5. The first-order chi connectivity index (χ1) is 13.2. The van der Waals surface area contributed by atoms with E-state index < -0.39 is 0 Å². The lowest BCUT2D eigenvalue weighted by molar-refractivity contribution is 0.626. The van der Waals surface area contributed by atoms with Crippen LogP contribution in [-0.2, 0) is 6.54 Å². The van der Waals surface area contributed by atoms with Crippen LogP contribution >= 0.6 is 11.6 Å². The van der Waals surface area contributed by atoms with E-state index in [-0.39, 0.29) is 5.82 Å². The zero-order valence-corrected chi connectivity index (χ0v) is 15.2. The average Bonchev–Trinajstić information content (AvgIpc) is 3.13. The summed E-state index contributed by atoms with van der Waals surface area (Å²) >= 11 is 5.95. The van der Waals surface area contributed by atoms with E-state index in [9.17, 15) is 4.39 Å². The number of benzene rings is 3. The monoisotopic (exact) mass is 377 g/mol. The topological polar surface area (TPSA) is 29.9 Å². The van der Waals surface area contributed by atoms with Crippen LogP contribution in [0.4, 0.5) is 10.3 Å². The molecule has 0 aliphatic rings. The van der Waals surface area contributed by atoms with Crippen molar-refractivity contribution in [1.29, 1.82) is 0 Å². The summed E-state index contributed by atoms with van der Waals surface area (Å²) in [7, 11) is 0. The Morgan fingerprint density at radius 1 is 0.926 bits per heavy atom. The number of nitrogens with one attached hydrogen (secondary N) is 1. The lowest BCUT2D eigenvalue weighted by atomic mass is 10.2. The van der Waals surface area contributed by atoms with Crippen LogP contribution in [-0.4, -0.2) is 9.55 Å². The van der Waals surface area contributed by atoms with Gasteiger partial charge in [-0.3, -0.25) is 4.57 Å².